The zero-order chi connectivity index (χ0) is 18.0. The molecule has 1 amide bonds. The fourth-order valence-corrected chi connectivity index (χ4v) is 2.86. The van der Waals surface area contributed by atoms with Crippen LogP contribution in [0.25, 0.3) is 11.5 Å². The molecule has 8 heteroatoms. The number of rotatable bonds is 4. The molecule has 128 valence electrons. The summed E-state index contributed by atoms with van der Waals surface area (Å²) in [5.41, 5.74) is 2.03. The third-order valence-electron chi connectivity index (χ3n) is 3.45. The van der Waals surface area contributed by atoms with Crippen molar-refractivity contribution in [1.82, 2.24) is 9.78 Å². The summed E-state index contributed by atoms with van der Waals surface area (Å²) in [6, 6.07) is 11.0. The summed E-state index contributed by atoms with van der Waals surface area (Å²) >= 11 is 2.18. The molecule has 6 nitrogen and oxygen atoms in total. The monoisotopic (exact) mass is 453 g/mol. The quantitative estimate of drug-likeness (QED) is 0.616. The van der Waals surface area contributed by atoms with Gasteiger partial charge >= 0.3 is 5.76 Å². The molecule has 1 N–H and O–H groups in total. The Morgan fingerprint density at radius 1 is 1.28 bits per heavy atom. The van der Waals surface area contributed by atoms with Gasteiger partial charge in [0.25, 0.3) is 0 Å². The number of aryl methyl sites for hydroxylation is 1. The lowest BCUT2D eigenvalue weighted by molar-refractivity contribution is -0.117. The average Bonchev–Trinajstić information content (AvgIpc) is 2.91. The number of carbonyl (C=O) groups is 1. The second kappa shape index (κ2) is 7.18. The normalized spacial score (nSPS) is 10.7. The molecule has 0 saturated carbocycles. The van der Waals surface area contributed by atoms with E-state index in [2.05, 4.69) is 33.0 Å². The number of amides is 1. The molecular formula is C17H13FIN3O3. The van der Waals surface area contributed by atoms with E-state index in [4.69, 9.17) is 4.42 Å². The number of aromatic nitrogens is 2. The van der Waals surface area contributed by atoms with E-state index < -0.39 is 17.5 Å². The number of halogens is 2. The van der Waals surface area contributed by atoms with Gasteiger partial charge < -0.3 is 9.73 Å². The maximum atomic E-state index is 13.0. The second-order valence-corrected chi connectivity index (χ2v) is 6.59. The molecule has 0 bridgehead atoms. The highest BCUT2D eigenvalue weighted by molar-refractivity contribution is 14.1. The number of hydrogen-bond donors (Lipinski definition) is 1. The minimum absolute atomic E-state index is 0.0308. The highest BCUT2D eigenvalue weighted by Gasteiger charge is 2.14. The molecular weight excluding hydrogens is 440 g/mol. The van der Waals surface area contributed by atoms with Crippen molar-refractivity contribution in [3.63, 3.8) is 0 Å². The van der Waals surface area contributed by atoms with Crippen LogP contribution in [0.2, 0.25) is 0 Å². The molecule has 0 unspecified atom stereocenters. The lowest BCUT2D eigenvalue weighted by Gasteiger charge is -2.08. The van der Waals surface area contributed by atoms with Crippen molar-refractivity contribution in [3.05, 3.63) is 68.0 Å². The fourth-order valence-electron chi connectivity index (χ4n) is 2.21. The lowest BCUT2D eigenvalue weighted by atomic mass is 10.2. The SMILES string of the molecule is Cc1cc(I)ccc1NC(=O)Cn1nc(-c2ccc(F)cc2)oc1=O. The maximum absolute atomic E-state index is 13.0. The summed E-state index contributed by atoms with van der Waals surface area (Å²) in [4.78, 5) is 24.0. The predicted molar refractivity (Wildman–Crippen MR) is 98.7 cm³/mol. The Labute approximate surface area is 155 Å². The summed E-state index contributed by atoms with van der Waals surface area (Å²) < 4.78 is 20.0. The Morgan fingerprint density at radius 3 is 2.68 bits per heavy atom. The molecule has 0 aliphatic rings. The van der Waals surface area contributed by atoms with Crippen molar-refractivity contribution in [2.24, 2.45) is 0 Å². The first-order valence-electron chi connectivity index (χ1n) is 7.32. The zero-order valence-electron chi connectivity index (χ0n) is 13.1. The molecule has 0 aliphatic heterocycles. The minimum Gasteiger partial charge on any atom is -0.388 e. The van der Waals surface area contributed by atoms with Gasteiger partial charge in [-0.05, 0) is 77.5 Å². The molecule has 1 aromatic heterocycles. The first-order valence-corrected chi connectivity index (χ1v) is 8.40. The van der Waals surface area contributed by atoms with E-state index in [9.17, 15) is 14.0 Å². The molecule has 2 aromatic carbocycles. The average molecular weight is 453 g/mol. The summed E-state index contributed by atoms with van der Waals surface area (Å²) in [7, 11) is 0. The summed E-state index contributed by atoms with van der Waals surface area (Å²) in [5.74, 6) is -1.53. The summed E-state index contributed by atoms with van der Waals surface area (Å²) in [5, 5.41) is 6.72. The molecule has 0 fully saturated rings. The Morgan fingerprint density at radius 2 is 2.00 bits per heavy atom. The van der Waals surface area contributed by atoms with Gasteiger partial charge in [-0.3, -0.25) is 4.79 Å². The van der Waals surface area contributed by atoms with Gasteiger partial charge in [-0.2, -0.15) is 4.68 Å². The lowest BCUT2D eigenvalue weighted by Crippen LogP contribution is -2.26. The van der Waals surface area contributed by atoms with Crippen LogP contribution < -0.4 is 11.1 Å². The van der Waals surface area contributed by atoms with Crippen LogP contribution in [-0.4, -0.2) is 15.7 Å². The molecule has 0 radical (unpaired) electrons. The van der Waals surface area contributed by atoms with Gasteiger partial charge in [0.05, 0.1) is 0 Å². The maximum Gasteiger partial charge on any atom is 0.437 e. The van der Waals surface area contributed by atoms with Crippen LogP contribution in [0.4, 0.5) is 10.1 Å². The first-order chi connectivity index (χ1) is 11.9. The number of hydrogen-bond acceptors (Lipinski definition) is 4. The van der Waals surface area contributed by atoms with Crippen LogP contribution >= 0.6 is 22.6 Å². The second-order valence-electron chi connectivity index (χ2n) is 5.35. The zero-order valence-corrected chi connectivity index (χ0v) is 15.3. The Kier molecular flexibility index (Phi) is 4.98. The number of nitrogens with zero attached hydrogens (tertiary/aromatic N) is 2. The molecule has 0 atom stereocenters. The van der Waals surface area contributed by atoms with Crippen LogP contribution in [0.1, 0.15) is 5.56 Å². The van der Waals surface area contributed by atoms with Gasteiger partial charge in [-0.15, -0.1) is 5.10 Å². The molecule has 0 spiro atoms. The van der Waals surface area contributed by atoms with Crippen molar-refractivity contribution in [2.45, 2.75) is 13.5 Å². The van der Waals surface area contributed by atoms with E-state index in [1.54, 1.807) is 6.07 Å². The van der Waals surface area contributed by atoms with E-state index in [0.29, 0.717) is 11.3 Å². The van der Waals surface area contributed by atoms with Crippen molar-refractivity contribution >= 4 is 34.2 Å². The van der Waals surface area contributed by atoms with Gasteiger partial charge in [0.1, 0.15) is 12.4 Å². The van der Waals surface area contributed by atoms with Crippen LogP contribution in [0, 0.1) is 16.3 Å². The van der Waals surface area contributed by atoms with Crippen molar-refractivity contribution in [3.8, 4) is 11.5 Å². The fraction of sp³-hybridized carbons (Fsp3) is 0.118. The first kappa shape index (κ1) is 17.3. The van der Waals surface area contributed by atoms with Gasteiger partial charge in [-0.25, -0.2) is 9.18 Å². The highest BCUT2D eigenvalue weighted by atomic mass is 127. The number of nitrogens with one attached hydrogen (secondary N) is 1. The van der Waals surface area contributed by atoms with Crippen LogP contribution in [0.3, 0.4) is 0 Å². The van der Waals surface area contributed by atoms with Crippen molar-refractivity contribution in [1.29, 1.82) is 0 Å². The Balaban J connectivity index is 1.75. The standard InChI is InChI=1S/C17H13FIN3O3/c1-10-8-13(19)6-7-14(10)20-15(23)9-22-17(24)25-16(21-22)11-2-4-12(18)5-3-11/h2-8H,9H2,1H3,(H,20,23). The molecule has 1 heterocycles. The third-order valence-corrected chi connectivity index (χ3v) is 4.12. The topological polar surface area (TPSA) is 77.1 Å². The Hall–Kier alpha value is -2.49. The van der Waals surface area contributed by atoms with Gasteiger partial charge in [-0.1, -0.05) is 0 Å². The highest BCUT2D eigenvalue weighted by Crippen LogP contribution is 2.18. The van der Waals surface area contributed by atoms with E-state index in [1.165, 1.54) is 24.3 Å². The smallest absolute Gasteiger partial charge is 0.388 e. The van der Waals surface area contributed by atoms with Crippen LogP contribution in [0.5, 0.6) is 0 Å². The number of carbonyl (C=O) groups excluding carboxylic acids is 1. The van der Waals surface area contributed by atoms with Gasteiger partial charge in [0, 0.05) is 14.8 Å². The largest absolute Gasteiger partial charge is 0.437 e. The minimum atomic E-state index is -0.756. The number of anilines is 1. The van der Waals surface area contributed by atoms with E-state index >= 15 is 0 Å². The summed E-state index contributed by atoms with van der Waals surface area (Å²) in [6.07, 6.45) is 0. The van der Waals surface area contributed by atoms with Crippen LogP contribution in [0.15, 0.2) is 51.7 Å². The van der Waals surface area contributed by atoms with Crippen molar-refractivity contribution in [2.75, 3.05) is 5.32 Å². The molecule has 0 aliphatic carbocycles. The Bertz CT molecular complexity index is 980. The van der Waals surface area contributed by atoms with Gasteiger partial charge in [0.15, 0.2) is 0 Å². The summed E-state index contributed by atoms with van der Waals surface area (Å²) in [6.45, 7) is 1.60. The number of benzene rings is 2. The van der Waals surface area contributed by atoms with E-state index in [0.717, 1.165) is 13.8 Å². The molecule has 25 heavy (non-hydrogen) atoms. The van der Waals surface area contributed by atoms with Crippen LogP contribution in [-0.2, 0) is 11.3 Å². The van der Waals surface area contributed by atoms with Gasteiger partial charge in [0.2, 0.25) is 11.8 Å². The van der Waals surface area contributed by atoms with E-state index in [-0.39, 0.29) is 12.4 Å². The molecule has 0 saturated heterocycles. The van der Waals surface area contributed by atoms with E-state index in [1.807, 2.05) is 19.1 Å². The third kappa shape index (κ3) is 4.13. The predicted octanol–water partition coefficient (Wildman–Crippen LogP) is 3.19. The molecule has 3 rings (SSSR count). The molecule has 3 aromatic rings. The van der Waals surface area contributed by atoms with Crippen molar-refractivity contribution < 1.29 is 13.6 Å².